The zero-order valence-corrected chi connectivity index (χ0v) is 7.89. The van der Waals surface area contributed by atoms with Gasteiger partial charge in [-0.1, -0.05) is 29.5 Å². The summed E-state index contributed by atoms with van der Waals surface area (Å²) in [6.07, 6.45) is 2.31. The van der Waals surface area contributed by atoms with Gasteiger partial charge in [0.1, 0.15) is 0 Å². The van der Waals surface area contributed by atoms with Gasteiger partial charge >= 0.3 is 0 Å². The first-order valence-corrected chi connectivity index (χ1v) is 4.74. The molecule has 9 heavy (non-hydrogen) atoms. The third-order valence-corrected chi connectivity index (χ3v) is 0.789. The molecule has 0 amide bonds. The van der Waals surface area contributed by atoms with Crippen LogP contribution in [0.3, 0.4) is 0 Å². The van der Waals surface area contributed by atoms with E-state index in [1.807, 2.05) is 0 Å². The molecule has 1 heterocycles. The van der Waals surface area contributed by atoms with Gasteiger partial charge in [0.2, 0.25) is 0 Å². The van der Waals surface area contributed by atoms with Crippen LogP contribution in [0, 0.1) is 0 Å². The third-order valence-electron chi connectivity index (χ3n) is 0.789. The maximum atomic E-state index is 4.57. The zero-order chi connectivity index (χ0) is 6.95. The van der Waals surface area contributed by atoms with E-state index in [1.165, 1.54) is 4.43 Å². The first kappa shape index (κ1) is 9.65. The average Bonchev–Trinajstić information content (AvgIpc) is 1.93. The van der Waals surface area contributed by atoms with Gasteiger partial charge in [0, 0.05) is 0 Å². The van der Waals surface area contributed by atoms with Gasteiger partial charge < -0.3 is 0 Å². The maximum absolute atomic E-state index is 4.57. The van der Waals surface area contributed by atoms with Gasteiger partial charge in [-0.25, -0.2) is 9.78 Å². The molecule has 0 radical (unpaired) electrons. The highest BCUT2D eigenvalue weighted by molar-refractivity contribution is 14.1. The molecular weight excluding hydrogens is 231 g/mol. The Morgan fingerprint density at radius 1 is 1.22 bits per heavy atom. The molecule has 56 valence electrons. The van der Waals surface area contributed by atoms with Crippen LogP contribution < -0.4 is 0 Å². The van der Waals surface area contributed by atoms with Crippen molar-refractivity contribution in [3.8, 4) is 0 Å². The molecule has 1 rings (SSSR count). The van der Waals surface area contributed by atoms with Crippen molar-refractivity contribution >= 4 is 22.6 Å². The van der Waals surface area contributed by atoms with Crippen molar-refractivity contribution in [2.45, 2.75) is 19.8 Å². The largest absolute Gasteiger partial charge is 0.237 e. The van der Waals surface area contributed by atoms with Crippen LogP contribution in [0.4, 0.5) is 0 Å². The summed E-state index contributed by atoms with van der Waals surface area (Å²) in [5.74, 6) is 0. The lowest BCUT2D eigenvalue weighted by atomic mass is 10.3. The molecule has 0 N–H and O–H groups in total. The molecule has 0 spiro atoms. The van der Waals surface area contributed by atoms with Crippen molar-refractivity contribution in [1.82, 2.24) is 0 Å². The molecule has 0 atom stereocenters. The van der Waals surface area contributed by atoms with Crippen molar-refractivity contribution in [3.63, 3.8) is 0 Å². The molecular formula is C6H13IO2. The lowest BCUT2D eigenvalue weighted by molar-refractivity contribution is -0.312. The molecule has 1 fully saturated rings. The van der Waals surface area contributed by atoms with Gasteiger partial charge in [0.05, 0.1) is 13.2 Å². The minimum Gasteiger partial charge on any atom is -0.237 e. The minimum atomic E-state index is 0.778. The highest BCUT2D eigenvalue weighted by Crippen LogP contribution is 1.97. The fraction of sp³-hybridized carbons (Fsp3) is 1.00. The minimum absolute atomic E-state index is 0.778. The average molecular weight is 244 g/mol. The molecule has 0 unspecified atom stereocenters. The van der Waals surface area contributed by atoms with Gasteiger partial charge in [-0.3, -0.25) is 0 Å². The molecule has 2 nitrogen and oxygen atoms in total. The molecule has 1 aliphatic heterocycles. The third kappa shape index (κ3) is 8.65. The fourth-order valence-corrected chi connectivity index (χ4v) is 0.440. The highest BCUT2D eigenvalue weighted by atomic mass is 127. The highest BCUT2D eigenvalue weighted by Gasteiger charge is 1.95. The van der Waals surface area contributed by atoms with Crippen molar-refractivity contribution in [3.05, 3.63) is 0 Å². The van der Waals surface area contributed by atoms with E-state index in [4.69, 9.17) is 0 Å². The van der Waals surface area contributed by atoms with Gasteiger partial charge in [0.25, 0.3) is 0 Å². The standard InChI is InChI=1S/C4H8O2.C2H5I/c1-2-4-6-5-3-1;1-2-3/h1-4H2;2H2,1H3. The summed E-state index contributed by atoms with van der Waals surface area (Å²) in [6.45, 7) is 3.67. The number of hydrogen-bond donors (Lipinski definition) is 0. The SMILES string of the molecule is C1CCOOC1.CCI. The second-order valence-corrected chi connectivity index (χ2v) is 3.14. The van der Waals surface area contributed by atoms with Gasteiger partial charge in [-0.15, -0.1) is 0 Å². The van der Waals surface area contributed by atoms with Gasteiger partial charge in [-0.2, -0.15) is 0 Å². The van der Waals surface area contributed by atoms with E-state index in [2.05, 4.69) is 39.3 Å². The van der Waals surface area contributed by atoms with E-state index in [0.717, 1.165) is 26.1 Å². The molecule has 0 aromatic rings. The maximum Gasteiger partial charge on any atom is 0.0823 e. The summed E-state index contributed by atoms with van der Waals surface area (Å²) in [7, 11) is 0. The molecule has 0 saturated carbocycles. The van der Waals surface area contributed by atoms with E-state index < -0.39 is 0 Å². The van der Waals surface area contributed by atoms with Crippen molar-refractivity contribution in [2.75, 3.05) is 17.6 Å². The van der Waals surface area contributed by atoms with E-state index in [0.29, 0.717) is 0 Å². The van der Waals surface area contributed by atoms with Crippen molar-refractivity contribution in [1.29, 1.82) is 0 Å². The Morgan fingerprint density at radius 3 is 1.67 bits per heavy atom. The Hall–Kier alpha value is 0.650. The van der Waals surface area contributed by atoms with Crippen LogP contribution in [0.25, 0.3) is 0 Å². The summed E-state index contributed by atoms with van der Waals surface area (Å²) >= 11 is 2.29. The molecule has 1 saturated heterocycles. The number of hydrogen-bond acceptors (Lipinski definition) is 2. The summed E-state index contributed by atoms with van der Waals surface area (Å²) < 4.78 is 1.22. The number of alkyl halides is 1. The first-order valence-electron chi connectivity index (χ1n) is 3.22. The van der Waals surface area contributed by atoms with E-state index >= 15 is 0 Å². The van der Waals surface area contributed by atoms with Crippen molar-refractivity contribution in [2.24, 2.45) is 0 Å². The predicted molar refractivity (Wildman–Crippen MR) is 45.7 cm³/mol. The van der Waals surface area contributed by atoms with Crippen LogP contribution in [0.2, 0.25) is 0 Å². The molecule has 0 aromatic heterocycles. The van der Waals surface area contributed by atoms with Crippen molar-refractivity contribution < 1.29 is 9.78 Å². The Kier molecular flexibility index (Phi) is 9.27. The predicted octanol–water partition coefficient (Wildman–Crippen LogP) is 2.17. The Balaban J connectivity index is 0.000000187. The number of halogens is 1. The lowest BCUT2D eigenvalue weighted by Crippen LogP contribution is -2.05. The Labute approximate surface area is 70.0 Å². The first-order chi connectivity index (χ1) is 4.41. The number of rotatable bonds is 0. The second-order valence-electron chi connectivity index (χ2n) is 1.62. The van der Waals surface area contributed by atoms with Crippen LogP contribution >= 0.6 is 22.6 Å². The summed E-state index contributed by atoms with van der Waals surface area (Å²) in [5, 5.41) is 0. The van der Waals surface area contributed by atoms with Crippen LogP contribution in [-0.2, 0) is 9.78 Å². The smallest absolute Gasteiger partial charge is 0.0823 e. The molecule has 1 aliphatic rings. The van der Waals surface area contributed by atoms with E-state index in [9.17, 15) is 0 Å². The Bertz CT molecular complexity index is 34.8. The van der Waals surface area contributed by atoms with Crippen LogP contribution in [0.15, 0.2) is 0 Å². The topological polar surface area (TPSA) is 18.5 Å². The van der Waals surface area contributed by atoms with Gasteiger partial charge in [-0.05, 0) is 17.3 Å². The summed E-state index contributed by atoms with van der Waals surface area (Å²) in [5.41, 5.74) is 0. The lowest BCUT2D eigenvalue weighted by Gasteiger charge is -2.07. The summed E-state index contributed by atoms with van der Waals surface area (Å²) in [6, 6.07) is 0. The Morgan fingerprint density at radius 2 is 1.56 bits per heavy atom. The fourth-order valence-electron chi connectivity index (χ4n) is 0.440. The molecule has 0 aliphatic carbocycles. The van der Waals surface area contributed by atoms with Gasteiger partial charge in [0.15, 0.2) is 0 Å². The monoisotopic (exact) mass is 244 g/mol. The van der Waals surface area contributed by atoms with Crippen LogP contribution in [-0.4, -0.2) is 17.6 Å². The molecule has 3 heteroatoms. The molecule has 0 bridgehead atoms. The summed E-state index contributed by atoms with van der Waals surface area (Å²) in [4.78, 5) is 9.14. The molecule has 0 aromatic carbocycles. The van der Waals surface area contributed by atoms with Crippen LogP contribution in [0.1, 0.15) is 19.8 Å². The normalized spacial score (nSPS) is 18.0. The quantitative estimate of drug-likeness (QED) is 0.369. The zero-order valence-electron chi connectivity index (χ0n) is 5.73. The second kappa shape index (κ2) is 8.65. The van der Waals surface area contributed by atoms with Crippen LogP contribution in [0.5, 0.6) is 0 Å². The van der Waals surface area contributed by atoms with E-state index in [-0.39, 0.29) is 0 Å². The van der Waals surface area contributed by atoms with E-state index in [1.54, 1.807) is 0 Å².